The minimum atomic E-state index is -0.561. The number of benzene rings is 2. The number of pyridine rings is 1. The number of ether oxygens (including phenoxy) is 1. The van der Waals surface area contributed by atoms with Crippen molar-refractivity contribution >= 4 is 11.5 Å². The number of nitrogens with two attached hydrogens (primary N) is 1. The largest absolute Gasteiger partial charge is 0.496 e. The van der Waals surface area contributed by atoms with Gasteiger partial charge in [0.1, 0.15) is 17.3 Å². The van der Waals surface area contributed by atoms with E-state index in [9.17, 15) is 19.6 Å². The average molecular weight is 539 g/mol. The molecule has 3 heterocycles. The van der Waals surface area contributed by atoms with Crippen LogP contribution in [0, 0.1) is 17.1 Å². The lowest BCUT2D eigenvalue weighted by Gasteiger charge is -2.28. The number of nitriles is 1. The number of hydrogen-bond donors (Lipinski definition) is 2. The van der Waals surface area contributed by atoms with Gasteiger partial charge < -0.3 is 20.5 Å². The van der Waals surface area contributed by atoms with Gasteiger partial charge in [-0.15, -0.1) is 0 Å². The van der Waals surface area contributed by atoms with Gasteiger partial charge in [-0.3, -0.25) is 9.78 Å². The van der Waals surface area contributed by atoms with Crippen molar-refractivity contribution in [3.05, 3.63) is 89.8 Å². The Labute approximate surface area is 230 Å². The zero-order valence-electron chi connectivity index (χ0n) is 21.8. The molecule has 9 nitrogen and oxygen atoms in total. The topological polar surface area (TPSA) is 138 Å². The first-order valence-electron chi connectivity index (χ1n) is 12.7. The first-order chi connectivity index (χ1) is 19.4. The van der Waals surface area contributed by atoms with E-state index in [1.54, 1.807) is 24.5 Å². The summed E-state index contributed by atoms with van der Waals surface area (Å²) in [5.74, 6) is -0.552. The van der Waals surface area contributed by atoms with Gasteiger partial charge in [0, 0.05) is 48.8 Å². The molecular formula is C30H27FN6O3. The molecule has 10 heteroatoms. The fraction of sp³-hybridized carbons (Fsp3) is 0.233. The van der Waals surface area contributed by atoms with Gasteiger partial charge in [0.2, 0.25) is 0 Å². The van der Waals surface area contributed by atoms with Crippen LogP contribution in [0.4, 0.5) is 10.1 Å². The summed E-state index contributed by atoms with van der Waals surface area (Å²) in [5.41, 5.74) is 9.76. The Morgan fingerprint density at radius 3 is 2.88 bits per heavy atom. The molecule has 1 saturated heterocycles. The summed E-state index contributed by atoms with van der Waals surface area (Å²) < 4.78 is 19.9. The lowest BCUT2D eigenvalue weighted by Crippen LogP contribution is -2.34. The molecule has 0 spiro atoms. The quantitative estimate of drug-likeness (QED) is 0.323. The number of aliphatic hydroxyl groups is 1. The molecule has 0 saturated carbocycles. The predicted molar refractivity (Wildman–Crippen MR) is 147 cm³/mol. The summed E-state index contributed by atoms with van der Waals surface area (Å²) in [6.45, 7) is 0.403. The minimum absolute atomic E-state index is 0.0114. The Morgan fingerprint density at radius 1 is 1.25 bits per heavy atom. The maximum atomic E-state index is 14.7. The minimum Gasteiger partial charge on any atom is -0.496 e. The highest BCUT2D eigenvalue weighted by Crippen LogP contribution is 2.35. The van der Waals surface area contributed by atoms with Crippen LogP contribution in [-0.4, -0.2) is 58.2 Å². The molecule has 3 N–H and O–H groups in total. The van der Waals surface area contributed by atoms with Crippen LogP contribution in [0.2, 0.25) is 0 Å². The zero-order chi connectivity index (χ0) is 28.2. The Morgan fingerprint density at radius 2 is 2.10 bits per heavy atom. The second-order valence-electron chi connectivity index (χ2n) is 9.54. The highest BCUT2D eigenvalue weighted by atomic mass is 19.1. The maximum absolute atomic E-state index is 14.7. The van der Waals surface area contributed by atoms with Gasteiger partial charge in [0.25, 0.3) is 0 Å². The predicted octanol–water partition coefficient (Wildman–Crippen LogP) is 3.55. The Hall–Kier alpha value is -4.72. The smallest absolute Gasteiger partial charge is 0.185 e. The van der Waals surface area contributed by atoms with Crippen molar-refractivity contribution < 1.29 is 19.0 Å². The van der Waals surface area contributed by atoms with E-state index in [-0.39, 0.29) is 53.7 Å². The van der Waals surface area contributed by atoms with Crippen molar-refractivity contribution in [2.45, 2.75) is 24.9 Å². The van der Waals surface area contributed by atoms with Gasteiger partial charge in [-0.05, 0) is 47.9 Å². The number of carbonyl (C=O) groups excluding carboxylic acids is 1. The van der Waals surface area contributed by atoms with Gasteiger partial charge in [-0.2, -0.15) is 5.26 Å². The number of rotatable bonds is 8. The van der Waals surface area contributed by atoms with E-state index in [4.69, 9.17) is 10.5 Å². The number of carbonyl (C=O) groups is 1. The molecule has 0 radical (unpaired) electrons. The molecule has 5 rings (SSSR count). The molecule has 4 aromatic rings. The fourth-order valence-electron chi connectivity index (χ4n) is 5.08. The van der Waals surface area contributed by atoms with Crippen LogP contribution in [-0.2, 0) is 6.42 Å². The highest BCUT2D eigenvalue weighted by Gasteiger charge is 2.31. The number of nitrogens with zero attached hydrogens (tertiary/aromatic N) is 5. The third-order valence-electron chi connectivity index (χ3n) is 7.02. The summed E-state index contributed by atoms with van der Waals surface area (Å²) in [4.78, 5) is 28.2. The first-order valence-corrected chi connectivity index (χ1v) is 12.7. The van der Waals surface area contributed by atoms with Crippen LogP contribution in [0.1, 0.15) is 28.0 Å². The van der Waals surface area contributed by atoms with E-state index in [1.807, 2.05) is 23.1 Å². The van der Waals surface area contributed by atoms with Gasteiger partial charge in [-0.1, -0.05) is 18.2 Å². The van der Waals surface area contributed by atoms with Crippen LogP contribution < -0.4 is 15.4 Å². The Kier molecular flexibility index (Phi) is 7.77. The van der Waals surface area contributed by atoms with E-state index in [1.165, 1.54) is 31.5 Å². The van der Waals surface area contributed by atoms with Gasteiger partial charge in [0.05, 0.1) is 37.0 Å². The van der Waals surface area contributed by atoms with Crippen molar-refractivity contribution in [1.29, 1.82) is 5.26 Å². The molecule has 40 heavy (non-hydrogen) atoms. The fourth-order valence-corrected chi connectivity index (χ4v) is 5.08. The van der Waals surface area contributed by atoms with Crippen LogP contribution >= 0.6 is 0 Å². The Bertz CT molecular complexity index is 1600. The van der Waals surface area contributed by atoms with Crippen LogP contribution in [0.15, 0.2) is 67.1 Å². The number of hydrogen-bond acceptors (Lipinski definition) is 9. The van der Waals surface area contributed by atoms with E-state index in [0.717, 1.165) is 11.3 Å². The number of Topliss-reactive ketones (excluding diaryl/α,β-unsaturated/α-hetero) is 1. The third kappa shape index (κ3) is 5.25. The van der Waals surface area contributed by atoms with E-state index in [0.29, 0.717) is 29.7 Å². The summed E-state index contributed by atoms with van der Waals surface area (Å²) in [6.07, 6.45) is 5.19. The highest BCUT2D eigenvalue weighted by molar-refractivity contribution is 5.97. The lowest BCUT2D eigenvalue weighted by atomic mass is 9.96. The molecule has 2 atom stereocenters. The monoisotopic (exact) mass is 538 g/mol. The van der Waals surface area contributed by atoms with Crippen LogP contribution in [0.25, 0.3) is 22.5 Å². The summed E-state index contributed by atoms with van der Waals surface area (Å²) in [7, 11) is 1.42. The molecule has 2 aromatic carbocycles. The van der Waals surface area contributed by atoms with Crippen molar-refractivity contribution in [2.24, 2.45) is 5.73 Å². The number of anilines is 1. The molecule has 1 aliphatic rings. The van der Waals surface area contributed by atoms with Crippen molar-refractivity contribution in [3.63, 3.8) is 0 Å². The summed E-state index contributed by atoms with van der Waals surface area (Å²) in [6, 6.07) is 14.9. The number of aliphatic hydroxyl groups excluding tert-OH is 1. The van der Waals surface area contributed by atoms with Gasteiger partial charge >= 0.3 is 0 Å². The maximum Gasteiger partial charge on any atom is 0.185 e. The molecule has 0 unspecified atom stereocenters. The van der Waals surface area contributed by atoms with Crippen molar-refractivity contribution in [1.82, 2.24) is 15.0 Å². The van der Waals surface area contributed by atoms with Crippen LogP contribution in [0.5, 0.6) is 5.75 Å². The second-order valence-corrected chi connectivity index (χ2v) is 9.54. The molecule has 1 fully saturated rings. The van der Waals surface area contributed by atoms with E-state index in [2.05, 4.69) is 21.0 Å². The number of ketones is 1. The van der Waals surface area contributed by atoms with Crippen LogP contribution in [0.3, 0.4) is 0 Å². The third-order valence-corrected chi connectivity index (χ3v) is 7.02. The zero-order valence-corrected chi connectivity index (χ0v) is 21.8. The molecular weight excluding hydrogens is 511 g/mol. The SMILES string of the molecule is COc1cccc(F)c1-c1nccc(C(=O)Cc2ccc(-c3cnccc3C#N)cc2N2C[C@@H](N)C[C@H]2CO)n1. The normalized spacial score (nSPS) is 16.5. The lowest BCUT2D eigenvalue weighted by molar-refractivity contribution is 0.0988. The number of methoxy groups -OCH3 is 1. The van der Waals surface area contributed by atoms with Crippen molar-refractivity contribution in [2.75, 3.05) is 25.2 Å². The molecule has 0 bridgehead atoms. The molecule has 2 aromatic heterocycles. The molecule has 0 amide bonds. The summed E-state index contributed by atoms with van der Waals surface area (Å²) in [5, 5.41) is 19.7. The molecule has 202 valence electrons. The van der Waals surface area contributed by atoms with Gasteiger partial charge in [0.15, 0.2) is 11.6 Å². The second kappa shape index (κ2) is 11.6. The first kappa shape index (κ1) is 26.9. The van der Waals surface area contributed by atoms with E-state index < -0.39 is 5.82 Å². The van der Waals surface area contributed by atoms with Gasteiger partial charge in [-0.25, -0.2) is 14.4 Å². The Balaban J connectivity index is 1.53. The summed E-state index contributed by atoms with van der Waals surface area (Å²) >= 11 is 0. The molecule has 0 aliphatic carbocycles. The van der Waals surface area contributed by atoms with Crippen molar-refractivity contribution in [3.8, 4) is 34.3 Å². The number of aromatic nitrogens is 3. The number of halogens is 1. The standard InChI is InChI=1S/C30H27FN6O3/c1-40-28-4-2-3-24(31)29(28)30-35-10-8-25(36-30)27(39)12-19-6-5-18(23-15-34-9-7-20(23)14-32)11-26(19)37-16-21(33)13-22(37)17-38/h2-11,15,21-22,38H,12-13,16-17,33H2,1H3/t21-,22-/m0/s1. The van der Waals surface area contributed by atoms with E-state index >= 15 is 0 Å². The molecule has 1 aliphatic heterocycles. The average Bonchev–Trinajstić information content (AvgIpc) is 3.37.